The number of hydrogen-bond acceptors (Lipinski definition) is 5. The van der Waals surface area contributed by atoms with E-state index in [4.69, 9.17) is 10.5 Å². The molecule has 0 aliphatic carbocycles. The SMILES string of the molecule is CCOc1ccc(NC(=O)CN2CCN(C(=O)C(N)C(C)CC)CC2)cc1.Cl. The molecule has 1 aromatic carbocycles. The van der Waals surface area contributed by atoms with Gasteiger partial charge in [0.25, 0.3) is 0 Å². The van der Waals surface area contributed by atoms with E-state index >= 15 is 0 Å². The quantitative estimate of drug-likeness (QED) is 0.681. The third kappa shape index (κ3) is 6.96. The second-order valence-electron chi connectivity index (χ2n) is 7.02. The predicted molar refractivity (Wildman–Crippen MR) is 114 cm³/mol. The van der Waals surface area contributed by atoms with E-state index < -0.39 is 6.04 Å². The summed E-state index contributed by atoms with van der Waals surface area (Å²) in [5.74, 6) is 0.917. The number of hydrogen-bond donors (Lipinski definition) is 2. The molecular weight excluding hydrogens is 380 g/mol. The van der Waals surface area contributed by atoms with Crippen LogP contribution in [0.5, 0.6) is 5.75 Å². The first-order chi connectivity index (χ1) is 12.9. The summed E-state index contributed by atoms with van der Waals surface area (Å²) >= 11 is 0. The first kappa shape index (κ1) is 24.2. The van der Waals surface area contributed by atoms with Crippen LogP contribution in [0.25, 0.3) is 0 Å². The molecule has 2 amide bonds. The molecule has 1 aliphatic rings. The fraction of sp³-hybridized carbons (Fsp3) is 0.600. The Morgan fingerprint density at radius 2 is 1.75 bits per heavy atom. The normalized spacial score (nSPS) is 16.6. The van der Waals surface area contributed by atoms with E-state index in [1.807, 2.05) is 49.9 Å². The summed E-state index contributed by atoms with van der Waals surface area (Å²) in [7, 11) is 0. The molecule has 8 heteroatoms. The van der Waals surface area contributed by atoms with Gasteiger partial charge in [-0.1, -0.05) is 20.3 Å². The Hall–Kier alpha value is -1.83. The van der Waals surface area contributed by atoms with Crippen molar-refractivity contribution in [3.05, 3.63) is 24.3 Å². The summed E-state index contributed by atoms with van der Waals surface area (Å²) in [5, 5.41) is 2.90. The molecule has 1 fully saturated rings. The smallest absolute Gasteiger partial charge is 0.239 e. The van der Waals surface area contributed by atoms with E-state index in [-0.39, 0.29) is 30.1 Å². The lowest BCUT2D eigenvalue weighted by Gasteiger charge is -2.36. The van der Waals surface area contributed by atoms with E-state index in [1.54, 1.807) is 0 Å². The maximum Gasteiger partial charge on any atom is 0.239 e. The molecule has 2 atom stereocenters. The van der Waals surface area contributed by atoms with Crippen LogP contribution in [0.15, 0.2) is 24.3 Å². The number of halogens is 1. The Balaban J connectivity index is 0.00000392. The molecule has 0 aromatic heterocycles. The van der Waals surface area contributed by atoms with Gasteiger partial charge in [-0.05, 0) is 37.1 Å². The lowest BCUT2D eigenvalue weighted by molar-refractivity contribution is -0.135. The van der Waals surface area contributed by atoms with Crippen LogP contribution in [0.2, 0.25) is 0 Å². The van der Waals surface area contributed by atoms with E-state index in [0.29, 0.717) is 39.3 Å². The lowest BCUT2D eigenvalue weighted by Crippen LogP contribution is -2.55. The number of rotatable bonds is 8. The molecule has 2 unspecified atom stereocenters. The fourth-order valence-electron chi connectivity index (χ4n) is 3.04. The molecule has 158 valence electrons. The van der Waals surface area contributed by atoms with Crippen molar-refractivity contribution >= 4 is 29.9 Å². The number of nitrogens with one attached hydrogen (secondary N) is 1. The van der Waals surface area contributed by atoms with Gasteiger partial charge in [-0.15, -0.1) is 12.4 Å². The van der Waals surface area contributed by atoms with Crippen molar-refractivity contribution in [1.82, 2.24) is 9.80 Å². The zero-order valence-electron chi connectivity index (χ0n) is 17.0. The Kier molecular flexibility index (Phi) is 10.3. The van der Waals surface area contributed by atoms with E-state index in [1.165, 1.54) is 0 Å². The largest absolute Gasteiger partial charge is 0.494 e. The first-order valence-corrected chi connectivity index (χ1v) is 9.74. The zero-order valence-corrected chi connectivity index (χ0v) is 17.8. The topological polar surface area (TPSA) is 87.9 Å². The van der Waals surface area contributed by atoms with Gasteiger partial charge in [0.1, 0.15) is 5.75 Å². The zero-order chi connectivity index (χ0) is 19.8. The second-order valence-corrected chi connectivity index (χ2v) is 7.02. The van der Waals surface area contributed by atoms with E-state index in [0.717, 1.165) is 17.9 Å². The van der Waals surface area contributed by atoms with Crippen molar-refractivity contribution in [2.75, 3.05) is 44.6 Å². The second kappa shape index (κ2) is 11.9. The Labute approximate surface area is 174 Å². The molecular formula is C20H33ClN4O3. The summed E-state index contributed by atoms with van der Waals surface area (Å²) in [6.45, 7) is 9.48. The van der Waals surface area contributed by atoms with Gasteiger partial charge in [-0.25, -0.2) is 0 Å². The van der Waals surface area contributed by atoms with Crippen LogP contribution in [0, 0.1) is 5.92 Å². The minimum atomic E-state index is -0.440. The van der Waals surface area contributed by atoms with Crippen LogP contribution in [-0.4, -0.2) is 67.0 Å². The number of anilines is 1. The van der Waals surface area contributed by atoms with Crippen molar-refractivity contribution < 1.29 is 14.3 Å². The summed E-state index contributed by atoms with van der Waals surface area (Å²) < 4.78 is 5.39. The highest BCUT2D eigenvalue weighted by Crippen LogP contribution is 2.16. The highest BCUT2D eigenvalue weighted by molar-refractivity contribution is 5.92. The molecule has 0 spiro atoms. The first-order valence-electron chi connectivity index (χ1n) is 9.74. The number of nitrogens with two attached hydrogens (primary N) is 1. The molecule has 0 bridgehead atoms. The van der Waals surface area contributed by atoms with Crippen LogP contribution >= 0.6 is 12.4 Å². The molecule has 1 aromatic rings. The maximum atomic E-state index is 12.4. The van der Waals surface area contributed by atoms with Gasteiger partial charge < -0.3 is 20.7 Å². The van der Waals surface area contributed by atoms with Gasteiger partial charge in [-0.3, -0.25) is 14.5 Å². The third-order valence-corrected chi connectivity index (χ3v) is 5.04. The number of piperazine rings is 1. The van der Waals surface area contributed by atoms with Crippen molar-refractivity contribution in [2.24, 2.45) is 11.7 Å². The minimum Gasteiger partial charge on any atom is -0.494 e. The Morgan fingerprint density at radius 3 is 2.29 bits per heavy atom. The molecule has 3 N–H and O–H groups in total. The van der Waals surface area contributed by atoms with Gasteiger partial charge in [0, 0.05) is 31.9 Å². The van der Waals surface area contributed by atoms with E-state index in [9.17, 15) is 9.59 Å². The number of nitrogens with zero attached hydrogens (tertiary/aromatic N) is 2. The number of carbonyl (C=O) groups excluding carboxylic acids is 2. The average molecular weight is 413 g/mol. The number of benzene rings is 1. The van der Waals surface area contributed by atoms with Crippen LogP contribution in [0.4, 0.5) is 5.69 Å². The summed E-state index contributed by atoms with van der Waals surface area (Å²) in [6, 6.07) is 6.89. The molecule has 2 rings (SSSR count). The third-order valence-electron chi connectivity index (χ3n) is 5.04. The summed E-state index contributed by atoms with van der Waals surface area (Å²) in [5.41, 5.74) is 6.80. The fourth-order valence-corrected chi connectivity index (χ4v) is 3.04. The molecule has 0 radical (unpaired) electrons. The lowest BCUT2D eigenvalue weighted by atomic mass is 9.98. The van der Waals surface area contributed by atoms with Crippen LogP contribution < -0.4 is 15.8 Å². The van der Waals surface area contributed by atoms with Crippen molar-refractivity contribution in [2.45, 2.75) is 33.2 Å². The Bertz CT molecular complexity index is 618. The molecule has 1 heterocycles. The molecule has 1 aliphatic heterocycles. The van der Waals surface area contributed by atoms with Crippen molar-refractivity contribution in [3.63, 3.8) is 0 Å². The number of ether oxygens (including phenoxy) is 1. The van der Waals surface area contributed by atoms with Gasteiger partial charge >= 0.3 is 0 Å². The van der Waals surface area contributed by atoms with Crippen LogP contribution in [0.3, 0.4) is 0 Å². The van der Waals surface area contributed by atoms with Crippen LogP contribution in [-0.2, 0) is 9.59 Å². The van der Waals surface area contributed by atoms with E-state index in [2.05, 4.69) is 10.2 Å². The van der Waals surface area contributed by atoms with Gasteiger partial charge in [0.05, 0.1) is 19.2 Å². The maximum absolute atomic E-state index is 12.4. The standard InChI is InChI=1S/C20H32N4O3.ClH/c1-4-15(3)19(21)20(26)24-12-10-23(11-13-24)14-18(25)22-16-6-8-17(9-7-16)27-5-2;/h6-9,15,19H,4-5,10-14,21H2,1-3H3,(H,22,25);1H. The van der Waals surface area contributed by atoms with Gasteiger partial charge in [-0.2, -0.15) is 0 Å². The number of amides is 2. The average Bonchev–Trinajstić information content (AvgIpc) is 2.68. The monoisotopic (exact) mass is 412 g/mol. The molecule has 0 saturated carbocycles. The van der Waals surface area contributed by atoms with Gasteiger partial charge in [0.2, 0.25) is 11.8 Å². The molecule has 7 nitrogen and oxygen atoms in total. The van der Waals surface area contributed by atoms with Crippen molar-refractivity contribution in [1.29, 1.82) is 0 Å². The Morgan fingerprint density at radius 1 is 1.14 bits per heavy atom. The summed E-state index contributed by atoms with van der Waals surface area (Å²) in [4.78, 5) is 28.6. The highest BCUT2D eigenvalue weighted by Gasteiger charge is 2.28. The highest BCUT2D eigenvalue weighted by atomic mass is 35.5. The van der Waals surface area contributed by atoms with Gasteiger partial charge in [0.15, 0.2) is 0 Å². The predicted octanol–water partition coefficient (Wildman–Crippen LogP) is 1.96. The molecule has 28 heavy (non-hydrogen) atoms. The number of carbonyl (C=O) groups is 2. The van der Waals surface area contributed by atoms with Crippen molar-refractivity contribution in [3.8, 4) is 5.75 Å². The molecule has 1 saturated heterocycles. The van der Waals surface area contributed by atoms with Crippen LogP contribution in [0.1, 0.15) is 27.2 Å². The summed E-state index contributed by atoms with van der Waals surface area (Å²) in [6.07, 6.45) is 0.887. The minimum absolute atomic E-state index is 0.